The summed E-state index contributed by atoms with van der Waals surface area (Å²) in [5.74, 6) is 1.69. The van der Waals surface area contributed by atoms with E-state index >= 15 is 0 Å². The van der Waals surface area contributed by atoms with E-state index in [-0.39, 0.29) is 0 Å². The Morgan fingerprint density at radius 1 is 1.15 bits per heavy atom. The van der Waals surface area contributed by atoms with Gasteiger partial charge in [-0.3, -0.25) is 9.80 Å². The van der Waals surface area contributed by atoms with Crippen LogP contribution in [0.25, 0.3) is 0 Å². The third-order valence-electron chi connectivity index (χ3n) is 6.28. The summed E-state index contributed by atoms with van der Waals surface area (Å²) in [5, 5.41) is 0. The lowest BCUT2D eigenvalue weighted by molar-refractivity contribution is 0.0329. The van der Waals surface area contributed by atoms with Crippen LogP contribution in [0.4, 0.5) is 0 Å². The zero-order valence-electron chi connectivity index (χ0n) is 14.1. The molecule has 1 saturated carbocycles. The summed E-state index contributed by atoms with van der Waals surface area (Å²) in [6.07, 6.45) is 5.29. The highest BCUT2D eigenvalue weighted by molar-refractivity contribution is 5.01. The van der Waals surface area contributed by atoms with Crippen molar-refractivity contribution in [1.82, 2.24) is 9.80 Å². The molecule has 0 bridgehead atoms. The lowest BCUT2D eigenvalue weighted by atomic mass is 9.70. The van der Waals surface area contributed by atoms with Crippen molar-refractivity contribution in [3.63, 3.8) is 0 Å². The summed E-state index contributed by atoms with van der Waals surface area (Å²) in [5.41, 5.74) is 6.56. The van der Waals surface area contributed by atoms with E-state index in [0.29, 0.717) is 5.54 Å². The molecule has 1 saturated heterocycles. The van der Waals surface area contributed by atoms with Gasteiger partial charge >= 0.3 is 0 Å². The maximum Gasteiger partial charge on any atom is 0.0335 e. The lowest BCUT2D eigenvalue weighted by Gasteiger charge is -2.48. The van der Waals surface area contributed by atoms with Gasteiger partial charge < -0.3 is 5.73 Å². The van der Waals surface area contributed by atoms with Crippen LogP contribution in [-0.4, -0.2) is 54.1 Å². The monoisotopic (exact) mass is 281 g/mol. The topological polar surface area (TPSA) is 32.5 Å². The van der Waals surface area contributed by atoms with Crippen molar-refractivity contribution in [3.05, 3.63) is 0 Å². The quantitative estimate of drug-likeness (QED) is 0.840. The van der Waals surface area contributed by atoms with E-state index in [1.54, 1.807) is 0 Å². The van der Waals surface area contributed by atoms with Crippen LogP contribution in [0.3, 0.4) is 0 Å². The molecule has 2 aliphatic rings. The summed E-state index contributed by atoms with van der Waals surface area (Å²) in [6.45, 7) is 15.1. The molecule has 118 valence electrons. The molecular weight excluding hydrogens is 246 g/mol. The number of nitrogens with zero attached hydrogens (tertiary/aromatic N) is 2. The Kier molecular flexibility index (Phi) is 5.49. The molecule has 2 N–H and O–H groups in total. The van der Waals surface area contributed by atoms with Crippen molar-refractivity contribution in [2.75, 3.05) is 32.7 Å². The minimum Gasteiger partial charge on any atom is -0.329 e. The predicted octanol–water partition coefficient (Wildman–Crippen LogP) is 2.56. The van der Waals surface area contributed by atoms with Crippen molar-refractivity contribution < 1.29 is 0 Å². The molecule has 4 atom stereocenters. The van der Waals surface area contributed by atoms with E-state index in [1.807, 2.05) is 0 Å². The van der Waals surface area contributed by atoms with Gasteiger partial charge in [-0.15, -0.1) is 0 Å². The van der Waals surface area contributed by atoms with Gasteiger partial charge in [0.2, 0.25) is 0 Å². The van der Waals surface area contributed by atoms with Crippen molar-refractivity contribution in [2.45, 2.75) is 65.0 Å². The van der Waals surface area contributed by atoms with E-state index in [4.69, 9.17) is 5.73 Å². The van der Waals surface area contributed by atoms with Crippen molar-refractivity contribution in [2.24, 2.45) is 17.6 Å². The van der Waals surface area contributed by atoms with Crippen LogP contribution < -0.4 is 5.73 Å². The number of nitrogens with two attached hydrogens (primary N) is 1. The number of likely N-dealkylation sites (tertiary alicyclic amines) is 1. The molecule has 2 rings (SSSR count). The fourth-order valence-electron chi connectivity index (χ4n) is 4.50. The second-order valence-corrected chi connectivity index (χ2v) is 7.24. The third kappa shape index (κ3) is 3.05. The molecule has 4 unspecified atom stereocenters. The summed E-state index contributed by atoms with van der Waals surface area (Å²) in [6, 6.07) is 0.753. The van der Waals surface area contributed by atoms with Crippen LogP contribution in [0, 0.1) is 11.8 Å². The lowest BCUT2D eigenvalue weighted by Crippen LogP contribution is -2.57. The molecule has 20 heavy (non-hydrogen) atoms. The second-order valence-electron chi connectivity index (χ2n) is 7.24. The van der Waals surface area contributed by atoms with Gasteiger partial charge in [0.15, 0.2) is 0 Å². The molecule has 1 aliphatic heterocycles. The van der Waals surface area contributed by atoms with Gasteiger partial charge in [-0.25, -0.2) is 0 Å². The minimum absolute atomic E-state index is 0.299. The van der Waals surface area contributed by atoms with Crippen LogP contribution >= 0.6 is 0 Å². The van der Waals surface area contributed by atoms with Crippen molar-refractivity contribution >= 4 is 0 Å². The Bertz CT molecular complexity index is 303. The van der Waals surface area contributed by atoms with Crippen LogP contribution in [0.5, 0.6) is 0 Å². The first-order valence-electron chi connectivity index (χ1n) is 8.75. The number of hydrogen-bond acceptors (Lipinski definition) is 3. The van der Waals surface area contributed by atoms with Gasteiger partial charge in [-0.05, 0) is 50.6 Å². The third-order valence-corrected chi connectivity index (χ3v) is 6.28. The van der Waals surface area contributed by atoms with E-state index in [0.717, 1.165) is 24.4 Å². The van der Waals surface area contributed by atoms with Crippen molar-refractivity contribution in [1.29, 1.82) is 0 Å². The zero-order chi connectivity index (χ0) is 14.8. The minimum atomic E-state index is 0.299. The largest absolute Gasteiger partial charge is 0.329 e. The first-order chi connectivity index (χ1) is 9.56. The Labute approximate surface area is 125 Å². The Hall–Kier alpha value is -0.120. The second kappa shape index (κ2) is 6.76. The van der Waals surface area contributed by atoms with E-state index in [1.165, 1.54) is 51.9 Å². The predicted molar refractivity (Wildman–Crippen MR) is 86.9 cm³/mol. The normalized spacial score (nSPS) is 39.6. The summed E-state index contributed by atoms with van der Waals surface area (Å²) < 4.78 is 0. The molecule has 0 aromatic rings. The van der Waals surface area contributed by atoms with Crippen LogP contribution in [0.2, 0.25) is 0 Å². The van der Waals surface area contributed by atoms with Gasteiger partial charge in [-0.1, -0.05) is 27.7 Å². The molecule has 0 radical (unpaired) electrons. The molecule has 0 aromatic carbocycles. The zero-order valence-corrected chi connectivity index (χ0v) is 14.1. The molecule has 0 spiro atoms. The Morgan fingerprint density at radius 2 is 1.85 bits per heavy atom. The molecule has 0 aromatic heterocycles. The average Bonchev–Trinajstić information content (AvgIpc) is 2.94. The Balaban J connectivity index is 2.03. The highest BCUT2D eigenvalue weighted by Gasteiger charge is 2.44. The number of rotatable bonds is 5. The first kappa shape index (κ1) is 16.3. The van der Waals surface area contributed by atoms with Crippen LogP contribution in [-0.2, 0) is 0 Å². The fraction of sp³-hybridized carbons (Fsp3) is 1.00. The van der Waals surface area contributed by atoms with Gasteiger partial charge in [0.05, 0.1) is 0 Å². The molecule has 0 amide bonds. The molecule has 1 heterocycles. The van der Waals surface area contributed by atoms with Gasteiger partial charge in [-0.2, -0.15) is 0 Å². The average molecular weight is 281 g/mol. The highest BCUT2D eigenvalue weighted by atomic mass is 15.3. The molecule has 3 heteroatoms. The molecule has 1 aliphatic carbocycles. The number of likely N-dealkylation sites (N-methyl/N-ethyl adjacent to an activating group) is 1. The van der Waals surface area contributed by atoms with Gasteiger partial charge in [0.1, 0.15) is 0 Å². The Morgan fingerprint density at radius 3 is 2.40 bits per heavy atom. The summed E-state index contributed by atoms with van der Waals surface area (Å²) >= 11 is 0. The summed E-state index contributed by atoms with van der Waals surface area (Å²) in [4.78, 5) is 5.37. The standard InChI is InChI=1S/C17H35N3/c1-5-19(6-2)16-8-10-20(12-16)17(13-18)9-7-14(3)15(4)11-17/h14-16H,5-13,18H2,1-4H3. The molecule has 2 fully saturated rings. The first-order valence-corrected chi connectivity index (χ1v) is 8.75. The summed E-state index contributed by atoms with van der Waals surface area (Å²) in [7, 11) is 0. The van der Waals surface area contributed by atoms with E-state index in [9.17, 15) is 0 Å². The fourth-order valence-corrected chi connectivity index (χ4v) is 4.50. The molecular formula is C17H35N3. The maximum absolute atomic E-state index is 6.26. The number of hydrogen-bond donors (Lipinski definition) is 1. The van der Waals surface area contributed by atoms with Gasteiger partial charge in [0, 0.05) is 31.2 Å². The van der Waals surface area contributed by atoms with E-state index in [2.05, 4.69) is 37.5 Å². The highest BCUT2D eigenvalue weighted by Crippen LogP contribution is 2.41. The van der Waals surface area contributed by atoms with Gasteiger partial charge in [0.25, 0.3) is 0 Å². The van der Waals surface area contributed by atoms with Crippen LogP contribution in [0.1, 0.15) is 53.4 Å². The van der Waals surface area contributed by atoms with E-state index < -0.39 is 0 Å². The van der Waals surface area contributed by atoms with Crippen LogP contribution in [0.15, 0.2) is 0 Å². The van der Waals surface area contributed by atoms with Crippen molar-refractivity contribution in [3.8, 4) is 0 Å². The smallest absolute Gasteiger partial charge is 0.0335 e. The maximum atomic E-state index is 6.26. The SMILES string of the molecule is CCN(CC)C1CCN(C2(CN)CCC(C)C(C)C2)C1. The molecule has 3 nitrogen and oxygen atoms in total.